The number of benzene rings is 2. The van der Waals surface area contributed by atoms with Gasteiger partial charge in [0.2, 0.25) is 10.0 Å². The maximum Gasteiger partial charge on any atom is 0.243 e. The smallest absolute Gasteiger partial charge is 0.243 e. The second-order valence-corrected chi connectivity index (χ2v) is 9.02. The van der Waals surface area contributed by atoms with Gasteiger partial charge in [0.05, 0.1) is 10.9 Å². The summed E-state index contributed by atoms with van der Waals surface area (Å²) in [7, 11) is -3.87. The van der Waals surface area contributed by atoms with Crippen LogP contribution >= 0.6 is 0 Å². The molecule has 0 saturated carbocycles. The van der Waals surface area contributed by atoms with Gasteiger partial charge >= 0.3 is 0 Å². The van der Waals surface area contributed by atoms with Crippen molar-refractivity contribution < 1.29 is 18.0 Å². The molecule has 150 valence electrons. The summed E-state index contributed by atoms with van der Waals surface area (Å²) in [5.74, 6) is -1.06. The van der Waals surface area contributed by atoms with Crippen molar-refractivity contribution in [3.63, 3.8) is 0 Å². The molecular formula is C20H24FN3O3S. The first kappa shape index (κ1) is 20.4. The Hall–Kier alpha value is -2.29. The molecule has 0 aliphatic carbocycles. The molecule has 2 aromatic carbocycles. The van der Waals surface area contributed by atoms with Gasteiger partial charge in [-0.15, -0.1) is 0 Å². The molecule has 2 aromatic rings. The number of hydrogen-bond donors (Lipinski definition) is 3. The van der Waals surface area contributed by atoms with E-state index in [1.54, 1.807) is 43.3 Å². The van der Waals surface area contributed by atoms with Gasteiger partial charge in [-0.2, -0.15) is 4.31 Å². The van der Waals surface area contributed by atoms with E-state index in [0.717, 1.165) is 5.56 Å². The van der Waals surface area contributed by atoms with Crippen LogP contribution in [0.4, 0.5) is 4.39 Å². The van der Waals surface area contributed by atoms with E-state index in [2.05, 4.69) is 0 Å². The summed E-state index contributed by atoms with van der Waals surface area (Å²) in [4.78, 5) is 0.174. The summed E-state index contributed by atoms with van der Waals surface area (Å²) < 4.78 is 41.8. The van der Waals surface area contributed by atoms with Gasteiger partial charge in [0.1, 0.15) is 11.7 Å². The van der Waals surface area contributed by atoms with Crippen LogP contribution in [0.2, 0.25) is 0 Å². The average molecular weight is 405 g/mol. The lowest BCUT2D eigenvalue weighted by atomic mass is 9.99. The molecule has 0 bridgehead atoms. The third kappa shape index (κ3) is 3.80. The van der Waals surface area contributed by atoms with E-state index in [-0.39, 0.29) is 16.5 Å². The van der Waals surface area contributed by atoms with Crippen molar-refractivity contribution in [2.45, 2.75) is 43.7 Å². The van der Waals surface area contributed by atoms with E-state index >= 15 is 0 Å². The minimum atomic E-state index is -3.87. The van der Waals surface area contributed by atoms with Crippen LogP contribution in [0, 0.1) is 24.1 Å². The molecule has 0 amide bonds. The van der Waals surface area contributed by atoms with Crippen LogP contribution in [0.25, 0.3) is 0 Å². The first-order valence-corrected chi connectivity index (χ1v) is 10.5. The Morgan fingerprint density at radius 1 is 1.18 bits per heavy atom. The van der Waals surface area contributed by atoms with Gasteiger partial charge in [0, 0.05) is 12.0 Å². The Balaban J connectivity index is 2.07. The SMILES string of the molecule is Cc1ccc(S(=O)(=O)N2C(c3ccc(F)cc3)CCC2C(C)C(=N)NO)cc1. The highest BCUT2D eigenvalue weighted by Gasteiger charge is 2.45. The number of hydrogen-bond acceptors (Lipinski definition) is 4. The molecule has 1 aliphatic heterocycles. The van der Waals surface area contributed by atoms with Crippen molar-refractivity contribution in [3.8, 4) is 0 Å². The molecule has 3 atom stereocenters. The van der Waals surface area contributed by atoms with Crippen LogP contribution in [0.1, 0.15) is 36.9 Å². The normalized spacial score (nSPS) is 21.4. The summed E-state index contributed by atoms with van der Waals surface area (Å²) in [6.45, 7) is 3.59. The third-order valence-corrected chi connectivity index (χ3v) is 7.32. The highest BCUT2D eigenvalue weighted by atomic mass is 32.2. The Kier molecular flexibility index (Phi) is 5.83. The summed E-state index contributed by atoms with van der Waals surface area (Å²) in [6.07, 6.45) is 1.07. The number of hydroxylamine groups is 1. The predicted octanol–water partition coefficient (Wildman–Crippen LogP) is 3.62. The minimum absolute atomic E-state index is 0.145. The lowest BCUT2D eigenvalue weighted by Gasteiger charge is -2.33. The molecule has 1 fully saturated rings. The quantitative estimate of drug-likeness (QED) is 0.402. The van der Waals surface area contributed by atoms with Crippen molar-refractivity contribution in [1.29, 1.82) is 5.41 Å². The number of sulfonamides is 1. The van der Waals surface area contributed by atoms with Crippen LogP contribution < -0.4 is 5.48 Å². The zero-order valence-corrected chi connectivity index (χ0v) is 16.6. The lowest BCUT2D eigenvalue weighted by molar-refractivity contribution is 0.215. The number of aryl methyl sites for hydroxylation is 1. The fraction of sp³-hybridized carbons (Fsp3) is 0.350. The zero-order valence-electron chi connectivity index (χ0n) is 15.8. The van der Waals surface area contributed by atoms with Gasteiger partial charge in [-0.05, 0) is 49.6 Å². The van der Waals surface area contributed by atoms with E-state index < -0.39 is 28.0 Å². The molecule has 3 unspecified atom stereocenters. The second kappa shape index (κ2) is 7.98. The Morgan fingerprint density at radius 3 is 2.36 bits per heavy atom. The predicted molar refractivity (Wildman–Crippen MR) is 104 cm³/mol. The van der Waals surface area contributed by atoms with E-state index in [0.29, 0.717) is 18.4 Å². The van der Waals surface area contributed by atoms with Crippen LogP contribution in [-0.4, -0.2) is 29.8 Å². The molecule has 8 heteroatoms. The Bertz CT molecular complexity index is 946. The fourth-order valence-electron chi connectivity index (χ4n) is 3.76. The van der Waals surface area contributed by atoms with E-state index in [9.17, 15) is 12.8 Å². The fourth-order valence-corrected chi connectivity index (χ4v) is 5.69. The van der Waals surface area contributed by atoms with Crippen molar-refractivity contribution in [2.75, 3.05) is 0 Å². The summed E-state index contributed by atoms with van der Waals surface area (Å²) in [5, 5.41) is 17.0. The van der Waals surface area contributed by atoms with Crippen molar-refractivity contribution in [3.05, 3.63) is 65.5 Å². The van der Waals surface area contributed by atoms with Gasteiger partial charge in [0.25, 0.3) is 0 Å². The van der Waals surface area contributed by atoms with Crippen molar-refractivity contribution in [2.24, 2.45) is 5.92 Å². The standard InChI is InChI=1S/C20H24FN3O3S/c1-13-3-9-17(10-4-13)28(26,27)24-18(14(2)20(22)23-25)11-12-19(24)15-5-7-16(21)8-6-15/h3-10,14,18-19,25H,11-12H2,1-2H3,(H2,22,23). The van der Waals surface area contributed by atoms with Crippen LogP contribution in [-0.2, 0) is 10.0 Å². The maximum absolute atomic E-state index is 13.5. The topological polar surface area (TPSA) is 93.5 Å². The first-order chi connectivity index (χ1) is 13.3. The van der Waals surface area contributed by atoms with Crippen LogP contribution in [0.3, 0.4) is 0 Å². The van der Waals surface area contributed by atoms with E-state index in [1.165, 1.54) is 16.4 Å². The maximum atomic E-state index is 13.5. The highest BCUT2D eigenvalue weighted by molar-refractivity contribution is 7.89. The second-order valence-electron chi connectivity index (χ2n) is 7.17. The Labute approximate surface area is 164 Å². The van der Waals surface area contributed by atoms with Gasteiger partial charge in [-0.3, -0.25) is 16.1 Å². The summed E-state index contributed by atoms with van der Waals surface area (Å²) in [5.41, 5.74) is 3.49. The monoisotopic (exact) mass is 405 g/mol. The first-order valence-electron chi connectivity index (χ1n) is 9.10. The average Bonchev–Trinajstić information content (AvgIpc) is 3.13. The summed E-state index contributed by atoms with van der Waals surface area (Å²) >= 11 is 0. The molecule has 3 N–H and O–H groups in total. The molecule has 1 heterocycles. The largest absolute Gasteiger partial charge is 0.290 e. The highest BCUT2D eigenvalue weighted by Crippen LogP contribution is 2.43. The van der Waals surface area contributed by atoms with Crippen molar-refractivity contribution >= 4 is 15.9 Å². The van der Waals surface area contributed by atoms with Gasteiger partial charge in [-0.1, -0.05) is 36.8 Å². The molecule has 28 heavy (non-hydrogen) atoms. The molecule has 0 radical (unpaired) electrons. The number of nitrogens with one attached hydrogen (secondary N) is 2. The van der Waals surface area contributed by atoms with Gasteiger partial charge in [-0.25, -0.2) is 12.8 Å². The summed E-state index contributed by atoms with van der Waals surface area (Å²) in [6, 6.07) is 11.5. The number of halogens is 1. The van der Waals surface area contributed by atoms with Crippen molar-refractivity contribution in [1.82, 2.24) is 9.79 Å². The number of amidine groups is 1. The molecule has 3 rings (SSSR count). The van der Waals surface area contributed by atoms with E-state index in [1.807, 2.05) is 12.4 Å². The number of rotatable bonds is 5. The molecular weight excluding hydrogens is 381 g/mol. The van der Waals surface area contributed by atoms with Gasteiger partial charge < -0.3 is 0 Å². The molecule has 6 nitrogen and oxygen atoms in total. The minimum Gasteiger partial charge on any atom is -0.290 e. The van der Waals surface area contributed by atoms with E-state index in [4.69, 9.17) is 10.6 Å². The number of nitrogens with zero attached hydrogens (tertiary/aromatic N) is 1. The van der Waals surface area contributed by atoms with Crippen LogP contribution in [0.15, 0.2) is 53.4 Å². The van der Waals surface area contributed by atoms with Crippen LogP contribution in [0.5, 0.6) is 0 Å². The molecule has 1 saturated heterocycles. The lowest BCUT2D eigenvalue weighted by Crippen LogP contribution is -2.45. The molecule has 0 spiro atoms. The Morgan fingerprint density at radius 2 is 1.79 bits per heavy atom. The zero-order chi connectivity index (χ0) is 20.5. The molecule has 0 aromatic heterocycles. The molecule has 1 aliphatic rings. The third-order valence-electron chi connectivity index (χ3n) is 5.37. The van der Waals surface area contributed by atoms with Gasteiger partial charge in [0.15, 0.2) is 0 Å².